The average molecular weight is 273 g/mol. The summed E-state index contributed by atoms with van der Waals surface area (Å²) in [6, 6.07) is 4.13. The van der Waals surface area contributed by atoms with Crippen LogP contribution in [0.2, 0.25) is 0 Å². The summed E-state index contributed by atoms with van der Waals surface area (Å²) in [6.07, 6.45) is 6.14. The summed E-state index contributed by atoms with van der Waals surface area (Å²) in [6.45, 7) is 2.42. The van der Waals surface area contributed by atoms with E-state index in [1.807, 2.05) is 12.1 Å². The number of nitrogens with one attached hydrogen (secondary N) is 1. The van der Waals surface area contributed by atoms with Gasteiger partial charge < -0.3 is 10.1 Å². The first-order valence-corrected chi connectivity index (χ1v) is 5.16. The Labute approximate surface area is 113 Å². The second kappa shape index (κ2) is 6.05. The maximum atomic E-state index is 5.58. The van der Waals surface area contributed by atoms with Crippen molar-refractivity contribution in [2.24, 2.45) is 0 Å². The lowest BCUT2D eigenvalue weighted by atomic mass is 10.0. The normalized spacial score (nSPS) is 16.1. The first kappa shape index (κ1) is 14.0. The molecule has 1 aromatic rings. The highest BCUT2D eigenvalue weighted by Gasteiger charge is 2.12. The van der Waals surface area contributed by atoms with E-state index in [-0.39, 0.29) is 24.8 Å². The van der Waals surface area contributed by atoms with E-state index in [1.54, 1.807) is 0 Å². The van der Waals surface area contributed by atoms with Crippen LogP contribution in [0, 0.1) is 0 Å². The monoisotopic (exact) mass is 272 g/mol. The van der Waals surface area contributed by atoms with Crippen molar-refractivity contribution in [3.8, 4) is 5.88 Å². The van der Waals surface area contributed by atoms with Crippen LogP contribution in [0.25, 0.3) is 5.57 Å². The SMILES string of the molecule is C1=CC(c2ccc3c(n2)OCCNC3)=C1.Cl.Cl. The minimum atomic E-state index is 0. The molecule has 1 aliphatic heterocycles. The zero-order chi connectivity index (χ0) is 10.1. The lowest BCUT2D eigenvalue weighted by molar-refractivity contribution is 0.313. The second-order valence-corrected chi connectivity index (χ2v) is 3.67. The highest BCUT2D eigenvalue weighted by molar-refractivity contribution is 5.85. The summed E-state index contributed by atoms with van der Waals surface area (Å²) in [5, 5.41) is 3.29. The van der Waals surface area contributed by atoms with Gasteiger partial charge in [0.05, 0.1) is 5.69 Å². The van der Waals surface area contributed by atoms with Gasteiger partial charge in [-0.05, 0) is 6.07 Å². The number of nitrogens with zero attached hydrogens (tertiary/aromatic N) is 1. The van der Waals surface area contributed by atoms with Gasteiger partial charge in [0.25, 0.3) is 0 Å². The molecule has 5 heteroatoms. The standard InChI is InChI=1S/C12H12N2O.2ClH/c1-2-9(3-1)11-5-4-10-8-13-6-7-15-12(10)14-11;;/h1-5,13H,6-8H2;2*1H. The molecular weight excluding hydrogens is 259 g/mol. The first-order valence-electron chi connectivity index (χ1n) is 5.16. The molecule has 2 heterocycles. The van der Waals surface area contributed by atoms with Gasteiger partial charge in [-0.2, -0.15) is 0 Å². The summed E-state index contributed by atoms with van der Waals surface area (Å²) in [7, 11) is 0. The van der Waals surface area contributed by atoms with Crippen molar-refractivity contribution in [1.29, 1.82) is 0 Å². The Morgan fingerprint density at radius 1 is 1.24 bits per heavy atom. The molecule has 0 saturated heterocycles. The van der Waals surface area contributed by atoms with Gasteiger partial charge in [0.2, 0.25) is 5.88 Å². The number of rotatable bonds is 1. The first-order chi connectivity index (χ1) is 7.43. The van der Waals surface area contributed by atoms with Gasteiger partial charge in [-0.3, -0.25) is 0 Å². The van der Waals surface area contributed by atoms with E-state index in [0.717, 1.165) is 30.2 Å². The average Bonchev–Trinajstić information content (AvgIpc) is 2.39. The number of ether oxygens (including phenoxy) is 1. The fraction of sp³-hybridized carbons (Fsp3) is 0.250. The van der Waals surface area contributed by atoms with Crippen LogP contribution in [0.3, 0.4) is 0 Å². The summed E-state index contributed by atoms with van der Waals surface area (Å²) >= 11 is 0. The number of hydrogen-bond donors (Lipinski definition) is 1. The molecule has 0 saturated carbocycles. The van der Waals surface area contributed by atoms with Gasteiger partial charge in [-0.15, -0.1) is 24.8 Å². The Morgan fingerprint density at radius 3 is 2.76 bits per heavy atom. The van der Waals surface area contributed by atoms with Gasteiger partial charge in [0, 0.05) is 24.2 Å². The third-order valence-electron chi connectivity index (χ3n) is 2.62. The molecule has 92 valence electrons. The molecule has 2 aliphatic rings. The fourth-order valence-electron chi connectivity index (χ4n) is 1.70. The maximum Gasteiger partial charge on any atom is 0.218 e. The van der Waals surface area contributed by atoms with E-state index >= 15 is 0 Å². The molecule has 1 aliphatic carbocycles. The number of fused-ring (bicyclic) bond motifs is 1. The molecule has 0 amide bonds. The van der Waals surface area contributed by atoms with Gasteiger partial charge in [0.15, 0.2) is 0 Å². The highest BCUT2D eigenvalue weighted by Crippen LogP contribution is 2.25. The number of hydrogen-bond acceptors (Lipinski definition) is 3. The molecular formula is C12H14Cl2N2O. The van der Waals surface area contributed by atoms with Gasteiger partial charge in [0.1, 0.15) is 6.61 Å². The van der Waals surface area contributed by atoms with E-state index in [4.69, 9.17) is 4.74 Å². The summed E-state index contributed by atoms with van der Waals surface area (Å²) < 4.78 is 5.58. The Hall–Kier alpha value is -1.03. The molecule has 3 rings (SSSR count). The van der Waals surface area contributed by atoms with Crippen molar-refractivity contribution in [2.75, 3.05) is 13.2 Å². The molecule has 0 spiro atoms. The van der Waals surface area contributed by atoms with Crippen LogP contribution < -0.4 is 10.1 Å². The molecule has 0 aromatic carbocycles. The lowest BCUT2D eigenvalue weighted by Crippen LogP contribution is -2.16. The third-order valence-corrected chi connectivity index (χ3v) is 2.62. The summed E-state index contributed by atoms with van der Waals surface area (Å²) in [4.78, 5) is 4.51. The van der Waals surface area contributed by atoms with Gasteiger partial charge in [-0.25, -0.2) is 4.98 Å². The van der Waals surface area contributed by atoms with E-state index in [1.165, 1.54) is 5.57 Å². The van der Waals surface area contributed by atoms with E-state index in [9.17, 15) is 0 Å². The zero-order valence-electron chi connectivity index (χ0n) is 9.18. The largest absolute Gasteiger partial charge is 0.476 e. The summed E-state index contributed by atoms with van der Waals surface area (Å²) in [5.41, 5.74) is 3.32. The smallest absolute Gasteiger partial charge is 0.218 e. The van der Waals surface area contributed by atoms with Crippen LogP contribution in [0.4, 0.5) is 0 Å². The van der Waals surface area contributed by atoms with Crippen molar-refractivity contribution in [2.45, 2.75) is 6.54 Å². The van der Waals surface area contributed by atoms with Crippen molar-refractivity contribution in [3.63, 3.8) is 0 Å². The Kier molecular flexibility index (Phi) is 5.00. The van der Waals surface area contributed by atoms with E-state index in [2.05, 4.69) is 28.5 Å². The molecule has 17 heavy (non-hydrogen) atoms. The van der Waals surface area contributed by atoms with Crippen LogP contribution in [0.1, 0.15) is 11.3 Å². The number of pyridine rings is 1. The fourth-order valence-corrected chi connectivity index (χ4v) is 1.70. The zero-order valence-corrected chi connectivity index (χ0v) is 10.8. The quantitative estimate of drug-likeness (QED) is 0.853. The predicted molar refractivity (Wildman–Crippen MR) is 73.1 cm³/mol. The second-order valence-electron chi connectivity index (χ2n) is 3.67. The van der Waals surface area contributed by atoms with Crippen LogP contribution >= 0.6 is 24.8 Å². The summed E-state index contributed by atoms with van der Waals surface area (Å²) in [5.74, 6) is 0.777. The minimum Gasteiger partial charge on any atom is -0.476 e. The number of allylic oxidation sites excluding steroid dienone is 4. The van der Waals surface area contributed by atoms with E-state index in [0.29, 0.717) is 6.61 Å². The van der Waals surface area contributed by atoms with E-state index < -0.39 is 0 Å². The van der Waals surface area contributed by atoms with Gasteiger partial charge in [-0.1, -0.05) is 24.3 Å². The lowest BCUT2D eigenvalue weighted by Gasteiger charge is -2.10. The molecule has 0 bridgehead atoms. The van der Waals surface area contributed by atoms with Gasteiger partial charge >= 0.3 is 0 Å². The van der Waals surface area contributed by atoms with Crippen molar-refractivity contribution >= 4 is 30.4 Å². The molecule has 1 N–H and O–H groups in total. The molecule has 3 nitrogen and oxygen atoms in total. The van der Waals surface area contributed by atoms with Crippen molar-refractivity contribution < 1.29 is 4.74 Å². The van der Waals surface area contributed by atoms with Crippen LogP contribution in [0.5, 0.6) is 5.88 Å². The van der Waals surface area contributed by atoms with Crippen molar-refractivity contribution in [1.82, 2.24) is 10.3 Å². The van der Waals surface area contributed by atoms with Crippen LogP contribution in [-0.2, 0) is 6.54 Å². The maximum absolute atomic E-state index is 5.58. The third kappa shape index (κ3) is 2.80. The number of aromatic nitrogens is 1. The highest BCUT2D eigenvalue weighted by atomic mass is 35.5. The molecule has 0 atom stereocenters. The molecule has 0 unspecified atom stereocenters. The molecule has 0 fully saturated rings. The molecule has 0 radical (unpaired) electrons. The minimum absolute atomic E-state index is 0. The van der Waals surface area contributed by atoms with Crippen molar-refractivity contribution in [3.05, 3.63) is 41.6 Å². The Morgan fingerprint density at radius 2 is 2.06 bits per heavy atom. The van der Waals surface area contributed by atoms with Crippen LogP contribution in [0.15, 0.2) is 30.4 Å². The Bertz CT molecular complexity index is 458. The topological polar surface area (TPSA) is 34.1 Å². The Balaban J connectivity index is 0.000000722. The number of halogens is 2. The van der Waals surface area contributed by atoms with Crippen LogP contribution in [-0.4, -0.2) is 18.1 Å². The molecule has 1 aromatic heterocycles. The predicted octanol–water partition coefficient (Wildman–Crippen LogP) is 2.36.